The molecule has 2 atom stereocenters. The molecule has 3 heteroatoms. The van der Waals surface area contributed by atoms with Gasteiger partial charge < -0.3 is 15.2 Å². The predicted molar refractivity (Wildman–Crippen MR) is 66.5 cm³/mol. The summed E-state index contributed by atoms with van der Waals surface area (Å²) in [4.78, 5) is 0. The lowest BCUT2D eigenvalue weighted by Crippen LogP contribution is -2.44. The zero-order valence-electron chi connectivity index (χ0n) is 11.0. The van der Waals surface area contributed by atoms with Crippen molar-refractivity contribution in [3.05, 3.63) is 0 Å². The van der Waals surface area contributed by atoms with Crippen molar-refractivity contribution in [3.63, 3.8) is 0 Å². The smallest absolute Gasteiger partial charge is 0.0506 e. The Morgan fingerprint density at radius 2 is 2.19 bits per heavy atom. The van der Waals surface area contributed by atoms with Gasteiger partial charge in [0.25, 0.3) is 0 Å². The number of ether oxygens (including phenoxy) is 1. The molecule has 0 bridgehead atoms. The Hall–Kier alpha value is -0.120. The van der Waals surface area contributed by atoms with E-state index < -0.39 is 0 Å². The minimum atomic E-state index is 0.207. The molecule has 2 unspecified atom stereocenters. The zero-order valence-corrected chi connectivity index (χ0v) is 11.0. The second kappa shape index (κ2) is 6.58. The molecule has 0 aromatic heterocycles. The van der Waals surface area contributed by atoms with Crippen LogP contribution < -0.4 is 5.32 Å². The monoisotopic (exact) mass is 229 g/mol. The number of aliphatic hydroxyl groups is 1. The Labute approximate surface area is 99.6 Å². The lowest BCUT2D eigenvalue weighted by Gasteiger charge is -2.33. The van der Waals surface area contributed by atoms with Crippen molar-refractivity contribution in [3.8, 4) is 0 Å². The highest BCUT2D eigenvalue weighted by Crippen LogP contribution is 2.22. The fraction of sp³-hybridized carbons (Fsp3) is 1.00. The molecule has 1 aliphatic rings. The molecule has 96 valence electrons. The molecule has 3 nitrogen and oxygen atoms in total. The van der Waals surface area contributed by atoms with Crippen molar-refractivity contribution >= 4 is 0 Å². The van der Waals surface area contributed by atoms with Crippen LogP contribution in [0.15, 0.2) is 0 Å². The van der Waals surface area contributed by atoms with E-state index in [2.05, 4.69) is 26.1 Å². The topological polar surface area (TPSA) is 41.5 Å². The Morgan fingerprint density at radius 1 is 1.44 bits per heavy atom. The average Bonchev–Trinajstić information content (AvgIpc) is 2.24. The van der Waals surface area contributed by atoms with Crippen molar-refractivity contribution in [1.82, 2.24) is 5.32 Å². The summed E-state index contributed by atoms with van der Waals surface area (Å²) in [7, 11) is 0. The van der Waals surface area contributed by atoms with Crippen LogP contribution in [0, 0.1) is 11.3 Å². The minimum absolute atomic E-state index is 0.207. The maximum absolute atomic E-state index is 9.07. The van der Waals surface area contributed by atoms with Gasteiger partial charge in [0.1, 0.15) is 0 Å². The molecule has 0 radical (unpaired) electrons. The quantitative estimate of drug-likeness (QED) is 0.755. The van der Waals surface area contributed by atoms with E-state index in [1.165, 1.54) is 12.8 Å². The molecule has 1 heterocycles. The van der Waals surface area contributed by atoms with E-state index in [0.717, 1.165) is 26.2 Å². The average molecular weight is 229 g/mol. The van der Waals surface area contributed by atoms with Crippen LogP contribution >= 0.6 is 0 Å². The van der Waals surface area contributed by atoms with Crippen molar-refractivity contribution in [2.24, 2.45) is 11.3 Å². The number of hydrogen-bond donors (Lipinski definition) is 2. The molecule has 16 heavy (non-hydrogen) atoms. The number of rotatable bonds is 5. The normalized spacial score (nSPS) is 24.4. The molecule has 0 aromatic carbocycles. The highest BCUT2D eigenvalue weighted by molar-refractivity contribution is 4.81. The van der Waals surface area contributed by atoms with E-state index in [9.17, 15) is 0 Å². The first-order chi connectivity index (χ1) is 7.54. The summed E-state index contributed by atoms with van der Waals surface area (Å²) in [5, 5.41) is 12.7. The Kier molecular flexibility index (Phi) is 5.73. The molecular weight excluding hydrogens is 202 g/mol. The van der Waals surface area contributed by atoms with Crippen LogP contribution in [-0.2, 0) is 4.74 Å². The molecule has 0 saturated carbocycles. The van der Waals surface area contributed by atoms with Gasteiger partial charge in [0, 0.05) is 25.8 Å². The summed E-state index contributed by atoms with van der Waals surface area (Å²) in [5.41, 5.74) is 0.207. The summed E-state index contributed by atoms with van der Waals surface area (Å²) < 4.78 is 5.47. The van der Waals surface area contributed by atoms with Crippen LogP contribution in [-0.4, -0.2) is 37.5 Å². The first kappa shape index (κ1) is 13.9. The lowest BCUT2D eigenvalue weighted by atomic mass is 9.84. The molecule has 1 rings (SSSR count). The molecule has 2 N–H and O–H groups in total. The molecule has 1 saturated heterocycles. The van der Waals surface area contributed by atoms with Crippen molar-refractivity contribution in [2.75, 3.05) is 26.4 Å². The van der Waals surface area contributed by atoms with Gasteiger partial charge in [-0.1, -0.05) is 20.8 Å². The molecule has 0 spiro atoms. The number of aliphatic hydroxyl groups excluding tert-OH is 1. The van der Waals surface area contributed by atoms with Crippen molar-refractivity contribution < 1.29 is 9.84 Å². The van der Waals surface area contributed by atoms with Crippen LogP contribution in [0.25, 0.3) is 0 Å². The SMILES string of the molecule is CC(C)(C)C(CCO)NCC1CCCOC1. The third-order valence-corrected chi connectivity index (χ3v) is 3.37. The summed E-state index contributed by atoms with van der Waals surface area (Å²) in [6, 6.07) is 0.388. The van der Waals surface area contributed by atoms with Crippen molar-refractivity contribution in [2.45, 2.75) is 46.1 Å². The van der Waals surface area contributed by atoms with Crippen molar-refractivity contribution in [1.29, 1.82) is 0 Å². The zero-order chi connectivity index (χ0) is 12.0. The molecule has 1 aliphatic heterocycles. The lowest BCUT2D eigenvalue weighted by molar-refractivity contribution is 0.0509. The van der Waals surface area contributed by atoms with Gasteiger partial charge in [-0.05, 0) is 30.6 Å². The standard InChI is InChI=1S/C13H27NO2/c1-13(2,3)12(6-7-15)14-9-11-5-4-8-16-10-11/h11-12,14-15H,4-10H2,1-3H3. The van der Waals surface area contributed by atoms with Gasteiger partial charge in [-0.3, -0.25) is 0 Å². The van der Waals surface area contributed by atoms with E-state index in [0.29, 0.717) is 12.0 Å². The Balaban J connectivity index is 2.31. The van der Waals surface area contributed by atoms with Gasteiger partial charge in [-0.25, -0.2) is 0 Å². The summed E-state index contributed by atoms with van der Waals surface area (Å²) in [6.45, 7) is 9.75. The fourth-order valence-electron chi connectivity index (χ4n) is 2.25. The second-order valence-electron chi connectivity index (χ2n) is 5.92. The summed E-state index contributed by atoms with van der Waals surface area (Å²) in [6.07, 6.45) is 3.28. The third-order valence-electron chi connectivity index (χ3n) is 3.37. The third kappa shape index (κ3) is 4.81. The Morgan fingerprint density at radius 3 is 2.69 bits per heavy atom. The van der Waals surface area contributed by atoms with Crippen LogP contribution in [0.4, 0.5) is 0 Å². The van der Waals surface area contributed by atoms with E-state index in [1.807, 2.05) is 0 Å². The van der Waals surface area contributed by atoms with Crippen LogP contribution in [0.2, 0.25) is 0 Å². The largest absolute Gasteiger partial charge is 0.396 e. The molecule has 1 fully saturated rings. The minimum Gasteiger partial charge on any atom is -0.396 e. The second-order valence-corrected chi connectivity index (χ2v) is 5.92. The van der Waals surface area contributed by atoms with Gasteiger partial charge in [-0.2, -0.15) is 0 Å². The maximum atomic E-state index is 9.07. The van der Waals surface area contributed by atoms with E-state index in [1.54, 1.807) is 0 Å². The predicted octanol–water partition coefficient (Wildman–Crippen LogP) is 1.80. The van der Waals surface area contributed by atoms with Gasteiger partial charge in [-0.15, -0.1) is 0 Å². The number of nitrogens with one attached hydrogen (secondary N) is 1. The van der Waals surface area contributed by atoms with Crippen LogP contribution in [0.3, 0.4) is 0 Å². The molecule has 0 aliphatic carbocycles. The van der Waals surface area contributed by atoms with Gasteiger partial charge >= 0.3 is 0 Å². The van der Waals surface area contributed by atoms with Gasteiger partial charge in [0.05, 0.1) is 6.61 Å². The van der Waals surface area contributed by atoms with E-state index >= 15 is 0 Å². The number of hydrogen-bond acceptors (Lipinski definition) is 3. The van der Waals surface area contributed by atoms with Crippen LogP contribution in [0.5, 0.6) is 0 Å². The molecule has 0 amide bonds. The highest BCUT2D eigenvalue weighted by atomic mass is 16.5. The molecule has 0 aromatic rings. The van der Waals surface area contributed by atoms with Gasteiger partial charge in [0.2, 0.25) is 0 Å². The Bertz CT molecular complexity index is 183. The van der Waals surface area contributed by atoms with E-state index in [4.69, 9.17) is 9.84 Å². The molecular formula is C13H27NO2. The summed E-state index contributed by atoms with van der Waals surface area (Å²) >= 11 is 0. The maximum Gasteiger partial charge on any atom is 0.0506 e. The highest BCUT2D eigenvalue weighted by Gasteiger charge is 2.24. The van der Waals surface area contributed by atoms with Crippen LogP contribution in [0.1, 0.15) is 40.0 Å². The first-order valence-electron chi connectivity index (χ1n) is 6.46. The fourth-order valence-corrected chi connectivity index (χ4v) is 2.25. The summed E-state index contributed by atoms with van der Waals surface area (Å²) in [5.74, 6) is 0.650. The van der Waals surface area contributed by atoms with E-state index in [-0.39, 0.29) is 12.0 Å². The van der Waals surface area contributed by atoms with Gasteiger partial charge in [0.15, 0.2) is 0 Å². The first-order valence-corrected chi connectivity index (χ1v) is 6.46.